The van der Waals surface area contributed by atoms with Crippen molar-refractivity contribution in [1.82, 2.24) is 0 Å². The van der Waals surface area contributed by atoms with Crippen LogP contribution in [0.4, 0.5) is 0 Å². The van der Waals surface area contributed by atoms with Gasteiger partial charge in [0.25, 0.3) is 0 Å². The molecule has 1 unspecified atom stereocenters. The zero-order valence-corrected chi connectivity index (χ0v) is 9.15. The van der Waals surface area contributed by atoms with Crippen LogP contribution in [-0.2, 0) is 0 Å². The molecule has 0 amide bonds. The van der Waals surface area contributed by atoms with Crippen LogP contribution in [0.25, 0.3) is 0 Å². The van der Waals surface area contributed by atoms with Crippen LogP contribution < -0.4 is 0 Å². The molecule has 0 saturated carbocycles. The third-order valence-corrected chi connectivity index (χ3v) is 2.82. The van der Waals surface area contributed by atoms with Crippen LogP contribution in [0.3, 0.4) is 0 Å². The molecule has 0 bridgehead atoms. The second-order valence-corrected chi connectivity index (χ2v) is 5.05. The molecule has 0 saturated heterocycles. The summed E-state index contributed by atoms with van der Waals surface area (Å²) >= 11 is 0. The van der Waals surface area contributed by atoms with E-state index < -0.39 is 0 Å². The van der Waals surface area contributed by atoms with Gasteiger partial charge in [0.15, 0.2) is 0 Å². The highest BCUT2D eigenvalue weighted by atomic mass is 14.4. The molecule has 0 heterocycles. The molecule has 0 aromatic heterocycles. The van der Waals surface area contributed by atoms with Crippen molar-refractivity contribution in [2.75, 3.05) is 0 Å². The van der Waals surface area contributed by atoms with Gasteiger partial charge < -0.3 is 0 Å². The predicted molar refractivity (Wildman–Crippen MR) is 55.1 cm³/mol. The van der Waals surface area contributed by atoms with Gasteiger partial charge in [-0.05, 0) is 26.2 Å². The summed E-state index contributed by atoms with van der Waals surface area (Å²) in [5.41, 5.74) is 4.92. The van der Waals surface area contributed by atoms with E-state index in [1.165, 1.54) is 11.1 Å². The average Bonchev–Trinajstić information content (AvgIpc) is 2.05. The van der Waals surface area contributed by atoms with Crippen LogP contribution in [0.1, 0.15) is 41.5 Å². The van der Waals surface area contributed by atoms with E-state index in [1.807, 2.05) is 0 Å². The highest BCUT2D eigenvalue weighted by molar-refractivity contribution is 5.40. The minimum absolute atomic E-state index is 0.377. The van der Waals surface area contributed by atoms with E-state index in [1.54, 1.807) is 5.57 Å². The van der Waals surface area contributed by atoms with Crippen LogP contribution in [0.2, 0.25) is 0 Å². The fourth-order valence-electron chi connectivity index (χ4n) is 2.44. The maximum atomic E-state index is 2.32. The zero-order chi connectivity index (χ0) is 9.52. The molecular weight excluding hydrogens is 144 g/mol. The molecule has 0 radical (unpaired) electrons. The summed E-state index contributed by atoms with van der Waals surface area (Å²) < 4.78 is 0. The first-order valence-corrected chi connectivity index (χ1v) is 4.69. The standard InChI is InChI=1S/C12H20/c1-8-7-9(2)11(10(8)3)12(4,5)6/h7,11H,1-6H3. The first-order chi connectivity index (χ1) is 5.34. The molecule has 68 valence electrons. The van der Waals surface area contributed by atoms with E-state index >= 15 is 0 Å². The van der Waals surface area contributed by atoms with Gasteiger partial charge in [0, 0.05) is 5.92 Å². The van der Waals surface area contributed by atoms with Gasteiger partial charge in [-0.1, -0.05) is 43.6 Å². The lowest BCUT2D eigenvalue weighted by Gasteiger charge is -2.30. The molecule has 0 heteroatoms. The summed E-state index contributed by atoms with van der Waals surface area (Å²) in [6, 6.07) is 0. The summed E-state index contributed by atoms with van der Waals surface area (Å²) in [6.07, 6.45) is 2.32. The second-order valence-electron chi connectivity index (χ2n) is 5.05. The van der Waals surface area contributed by atoms with Gasteiger partial charge in [0.2, 0.25) is 0 Å². The molecule has 1 atom stereocenters. The lowest BCUT2D eigenvalue weighted by Crippen LogP contribution is -2.20. The largest absolute Gasteiger partial charge is 0.0654 e. The number of hydrogen-bond donors (Lipinski definition) is 0. The monoisotopic (exact) mass is 164 g/mol. The Morgan fingerprint density at radius 2 is 1.58 bits per heavy atom. The van der Waals surface area contributed by atoms with Gasteiger partial charge in [-0.2, -0.15) is 0 Å². The van der Waals surface area contributed by atoms with E-state index in [-0.39, 0.29) is 0 Å². The average molecular weight is 164 g/mol. The number of hydrogen-bond acceptors (Lipinski definition) is 0. The fraction of sp³-hybridized carbons (Fsp3) is 0.667. The van der Waals surface area contributed by atoms with Gasteiger partial charge in [0.1, 0.15) is 0 Å². The topological polar surface area (TPSA) is 0 Å². The van der Waals surface area contributed by atoms with Gasteiger partial charge >= 0.3 is 0 Å². The predicted octanol–water partition coefficient (Wildman–Crippen LogP) is 3.95. The Labute approximate surface area is 76.4 Å². The highest BCUT2D eigenvalue weighted by Crippen LogP contribution is 2.42. The van der Waals surface area contributed by atoms with Crippen LogP contribution in [0, 0.1) is 11.3 Å². The van der Waals surface area contributed by atoms with Crippen LogP contribution >= 0.6 is 0 Å². The van der Waals surface area contributed by atoms with E-state index in [0.29, 0.717) is 11.3 Å². The molecule has 0 aliphatic heterocycles. The molecule has 0 nitrogen and oxygen atoms in total. The molecule has 0 fully saturated rings. The summed E-state index contributed by atoms with van der Waals surface area (Å²) in [5, 5.41) is 0. The fourth-order valence-corrected chi connectivity index (χ4v) is 2.44. The van der Waals surface area contributed by atoms with E-state index in [4.69, 9.17) is 0 Å². The Balaban J connectivity index is 3.02. The Morgan fingerprint density at radius 3 is 1.75 bits per heavy atom. The van der Waals surface area contributed by atoms with Crippen LogP contribution in [-0.4, -0.2) is 0 Å². The molecule has 0 aromatic carbocycles. The van der Waals surface area contributed by atoms with E-state index in [2.05, 4.69) is 47.6 Å². The Hall–Kier alpha value is -0.520. The lowest BCUT2D eigenvalue weighted by atomic mass is 9.75. The SMILES string of the molecule is CC1=CC(C)=C(C)C1C(C)(C)C. The molecular formula is C12H20. The van der Waals surface area contributed by atoms with Crippen molar-refractivity contribution in [1.29, 1.82) is 0 Å². The van der Waals surface area contributed by atoms with Gasteiger partial charge in [-0.15, -0.1) is 0 Å². The van der Waals surface area contributed by atoms with Crippen molar-refractivity contribution >= 4 is 0 Å². The number of allylic oxidation sites excluding steroid dienone is 4. The summed E-state index contributed by atoms with van der Waals surface area (Å²) in [6.45, 7) is 13.7. The first kappa shape index (κ1) is 9.57. The summed E-state index contributed by atoms with van der Waals surface area (Å²) in [4.78, 5) is 0. The maximum absolute atomic E-state index is 2.32. The van der Waals surface area contributed by atoms with Crippen LogP contribution in [0.15, 0.2) is 22.8 Å². The molecule has 1 aliphatic rings. The van der Waals surface area contributed by atoms with Crippen LogP contribution in [0.5, 0.6) is 0 Å². The molecule has 1 rings (SSSR count). The summed E-state index contributed by atoms with van der Waals surface area (Å²) in [5.74, 6) is 0.664. The van der Waals surface area contributed by atoms with Crippen molar-refractivity contribution in [3.63, 3.8) is 0 Å². The summed E-state index contributed by atoms with van der Waals surface area (Å²) in [7, 11) is 0. The van der Waals surface area contributed by atoms with E-state index in [9.17, 15) is 0 Å². The smallest absolute Gasteiger partial charge is 0.00589 e. The van der Waals surface area contributed by atoms with Crippen molar-refractivity contribution < 1.29 is 0 Å². The van der Waals surface area contributed by atoms with E-state index in [0.717, 1.165) is 0 Å². The Bertz CT molecular complexity index is 246. The molecule has 0 aromatic rings. The maximum Gasteiger partial charge on any atom is 0.00589 e. The number of rotatable bonds is 0. The third kappa shape index (κ3) is 1.48. The quantitative estimate of drug-likeness (QED) is 0.508. The minimum atomic E-state index is 0.377. The second kappa shape index (κ2) is 2.76. The van der Waals surface area contributed by atoms with Crippen molar-refractivity contribution in [3.8, 4) is 0 Å². The van der Waals surface area contributed by atoms with Crippen molar-refractivity contribution in [2.24, 2.45) is 11.3 Å². The molecule has 12 heavy (non-hydrogen) atoms. The van der Waals surface area contributed by atoms with Gasteiger partial charge in [0.05, 0.1) is 0 Å². The Morgan fingerprint density at radius 1 is 1.08 bits per heavy atom. The van der Waals surface area contributed by atoms with Gasteiger partial charge in [-0.25, -0.2) is 0 Å². The highest BCUT2D eigenvalue weighted by Gasteiger charge is 2.30. The third-order valence-electron chi connectivity index (χ3n) is 2.82. The Kier molecular flexibility index (Phi) is 2.20. The lowest BCUT2D eigenvalue weighted by molar-refractivity contribution is 0.320. The van der Waals surface area contributed by atoms with Crippen molar-refractivity contribution in [2.45, 2.75) is 41.5 Å². The molecule has 0 spiro atoms. The molecule has 0 N–H and O–H groups in total. The minimum Gasteiger partial charge on any atom is -0.0654 e. The van der Waals surface area contributed by atoms with Gasteiger partial charge in [-0.3, -0.25) is 0 Å². The normalized spacial score (nSPS) is 24.8. The van der Waals surface area contributed by atoms with Crippen molar-refractivity contribution in [3.05, 3.63) is 22.8 Å². The molecule has 1 aliphatic carbocycles. The first-order valence-electron chi connectivity index (χ1n) is 4.69. The zero-order valence-electron chi connectivity index (χ0n) is 9.15.